The molecular formula is C13H14N6. The molecule has 4 N–H and O–H groups in total. The molecule has 0 saturated carbocycles. The Morgan fingerprint density at radius 2 is 2.11 bits per heavy atom. The SMILES string of the molecule is CC1(N)C=CC=C(n2ncc3c(N)ncnc32)C=C1. The number of anilines is 1. The van der Waals surface area contributed by atoms with Crippen molar-refractivity contribution in [3.63, 3.8) is 0 Å². The van der Waals surface area contributed by atoms with E-state index in [0.717, 1.165) is 11.1 Å². The van der Waals surface area contributed by atoms with Crippen LogP contribution in [0.25, 0.3) is 16.7 Å². The molecule has 3 rings (SSSR count). The van der Waals surface area contributed by atoms with E-state index in [-0.39, 0.29) is 0 Å². The van der Waals surface area contributed by atoms with Crippen molar-refractivity contribution in [3.8, 4) is 0 Å². The molecule has 0 saturated heterocycles. The minimum absolute atomic E-state index is 0.425. The molecular weight excluding hydrogens is 240 g/mol. The van der Waals surface area contributed by atoms with Gasteiger partial charge in [0.25, 0.3) is 0 Å². The summed E-state index contributed by atoms with van der Waals surface area (Å²) in [6.45, 7) is 1.93. The summed E-state index contributed by atoms with van der Waals surface area (Å²) in [7, 11) is 0. The first-order chi connectivity index (χ1) is 9.07. The lowest BCUT2D eigenvalue weighted by molar-refractivity contribution is 0.736. The predicted molar refractivity (Wildman–Crippen MR) is 74.9 cm³/mol. The van der Waals surface area contributed by atoms with Gasteiger partial charge in [0.15, 0.2) is 5.65 Å². The fourth-order valence-corrected chi connectivity index (χ4v) is 1.92. The van der Waals surface area contributed by atoms with Gasteiger partial charge in [-0.3, -0.25) is 0 Å². The number of allylic oxidation sites excluding steroid dienone is 4. The number of hydrogen-bond acceptors (Lipinski definition) is 5. The van der Waals surface area contributed by atoms with Gasteiger partial charge in [0.05, 0.1) is 22.8 Å². The normalized spacial score (nSPS) is 22.5. The van der Waals surface area contributed by atoms with Crippen molar-refractivity contribution in [1.29, 1.82) is 0 Å². The molecule has 2 heterocycles. The van der Waals surface area contributed by atoms with E-state index in [1.165, 1.54) is 6.33 Å². The zero-order valence-electron chi connectivity index (χ0n) is 10.5. The summed E-state index contributed by atoms with van der Waals surface area (Å²) >= 11 is 0. The van der Waals surface area contributed by atoms with E-state index in [1.807, 2.05) is 37.3 Å². The standard InChI is InChI=1S/C13H14N6/c1-13(15)5-2-3-9(4-6-13)19-12-10(7-18-19)11(14)16-8-17-12/h2-8H,15H2,1H3,(H2,14,16,17). The number of rotatable bonds is 1. The van der Waals surface area contributed by atoms with Crippen molar-refractivity contribution < 1.29 is 0 Å². The Hall–Kier alpha value is -2.47. The Morgan fingerprint density at radius 3 is 2.95 bits per heavy atom. The van der Waals surface area contributed by atoms with Gasteiger partial charge in [-0.1, -0.05) is 18.2 Å². The first-order valence-corrected chi connectivity index (χ1v) is 5.89. The van der Waals surface area contributed by atoms with Gasteiger partial charge in [-0.15, -0.1) is 0 Å². The summed E-state index contributed by atoms with van der Waals surface area (Å²) in [5.41, 5.74) is 12.9. The van der Waals surface area contributed by atoms with Gasteiger partial charge in [0, 0.05) is 0 Å². The average Bonchev–Trinajstić information content (AvgIpc) is 2.71. The molecule has 1 unspecified atom stereocenters. The van der Waals surface area contributed by atoms with E-state index in [1.54, 1.807) is 10.9 Å². The third kappa shape index (κ3) is 2.02. The van der Waals surface area contributed by atoms with E-state index < -0.39 is 5.54 Å². The maximum Gasteiger partial charge on any atom is 0.168 e. The molecule has 0 amide bonds. The van der Waals surface area contributed by atoms with Gasteiger partial charge < -0.3 is 11.5 Å². The van der Waals surface area contributed by atoms with Crippen LogP contribution in [-0.2, 0) is 0 Å². The molecule has 0 spiro atoms. The van der Waals surface area contributed by atoms with E-state index >= 15 is 0 Å². The topological polar surface area (TPSA) is 95.6 Å². The number of nitrogens with two attached hydrogens (primary N) is 2. The van der Waals surface area contributed by atoms with Crippen molar-refractivity contribution in [2.24, 2.45) is 5.73 Å². The third-order valence-corrected chi connectivity index (χ3v) is 2.98. The van der Waals surface area contributed by atoms with Crippen LogP contribution >= 0.6 is 0 Å². The molecule has 2 aromatic rings. The minimum Gasteiger partial charge on any atom is -0.383 e. The van der Waals surface area contributed by atoms with Crippen LogP contribution in [-0.4, -0.2) is 25.3 Å². The second-order valence-electron chi connectivity index (χ2n) is 4.70. The fraction of sp³-hybridized carbons (Fsp3) is 0.154. The second kappa shape index (κ2) is 4.03. The molecule has 19 heavy (non-hydrogen) atoms. The molecule has 0 aliphatic heterocycles. The Labute approximate surface area is 110 Å². The highest BCUT2D eigenvalue weighted by Gasteiger charge is 2.14. The van der Waals surface area contributed by atoms with Crippen molar-refractivity contribution in [1.82, 2.24) is 19.7 Å². The van der Waals surface area contributed by atoms with Gasteiger partial charge in [0.1, 0.15) is 12.1 Å². The monoisotopic (exact) mass is 254 g/mol. The van der Waals surface area contributed by atoms with Crippen molar-refractivity contribution in [2.45, 2.75) is 12.5 Å². The quantitative estimate of drug-likeness (QED) is 0.794. The molecule has 1 aliphatic carbocycles. The third-order valence-electron chi connectivity index (χ3n) is 2.98. The lowest BCUT2D eigenvalue weighted by Gasteiger charge is -2.12. The second-order valence-corrected chi connectivity index (χ2v) is 4.70. The molecule has 96 valence electrons. The minimum atomic E-state index is -0.463. The Kier molecular flexibility index (Phi) is 2.46. The molecule has 0 radical (unpaired) electrons. The zero-order chi connectivity index (χ0) is 13.5. The largest absolute Gasteiger partial charge is 0.383 e. The number of hydrogen-bond donors (Lipinski definition) is 2. The van der Waals surface area contributed by atoms with Gasteiger partial charge in [-0.25, -0.2) is 14.6 Å². The van der Waals surface area contributed by atoms with Crippen molar-refractivity contribution in [2.75, 3.05) is 5.73 Å². The van der Waals surface area contributed by atoms with E-state index in [4.69, 9.17) is 11.5 Å². The number of fused-ring (bicyclic) bond motifs is 1. The summed E-state index contributed by atoms with van der Waals surface area (Å²) in [5.74, 6) is 0.425. The summed E-state index contributed by atoms with van der Waals surface area (Å²) in [4.78, 5) is 8.17. The molecule has 1 atom stereocenters. The summed E-state index contributed by atoms with van der Waals surface area (Å²) in [6, 6.07) is 0. The van der Waals surface area contributed by atoms with Crippen LogP contribution in [0.1, 0.15) is 6.92 Å². The highest BCUT2D eigenvalue weighted by molar-refractivity contribution is 5.87. The van der Waals surface area contributed by atoms with Crippen LogP contribution in [0.4, 0.5) is 5.82 Å². The molecule has 0 fully saturated rings. The lowest BCUT2D eigenvalue weighted by atomic mass is 10.0. The average molecular weight is 254 g/mol. The molecule has 2 aromatic heterocycles. The highest BCUT2D eigenvalue weighted by atomic mass is 15.3. The summed E-state index contributed by atoms with van der Waals surface area (Å²) < 4.78 is 1.72. The number of nitrogens with zero attached hydrogens (tertiary/aromatic N) is 4. The Bertz CT molecular complexity index is 720. The summed E-state index contributed by atoms with van der Waals surface area (Å²) in [6.07, 6.45) is 12.7. The van der Waals surface area contributed by atoms with E-state index in [9.17, 15) is 0 Å². The first-order valence-electron chi connectivity index (χ1n) is 5.89. The molecule has 1 aliphatic rings. The fourth-order valence-electron chi connectivity index (χ4n) is 1.92. The maximum atomic E-state index is 6.05. The Morgan fingerprint density at radius 1 is 1.26 bits per heavy atom. The van der Waals surface area contributed by atoms with Crippen molar-refractivity contribution >= 4 is 22.5 Å². The molecule has 0 aromatic carbocycles. The van der Waals surface area contributed by atoms with Crippen molar-refractivity contribution in [3.05, 3.63) is 42.9 Å². The van der Waals surface area contributed by atoms with Gasteiger partial charge in [-0.05, 0) is 19.1 Å². The highest BCUT2D eigenvalue weighted by Crippen LogP contribution is 2.21. The van der Waals surface area contributed by atoms with Gasteiger partial charge in [-0.2, -0.15) is 5.10 Å². The summed E-state index contributed by atoms with van der Waals surface area (Å²) in [5, 5.41) is 5.05. The van der Waals surface area contributed by atoms with Crippen LogP contribution in [0.15, 0.2) is 42.9 Å². The smallest absolute Gasteiger partial charge is 0.168 e. The molecule has 6 heteroatoms. The first kappa shape index (κ1) is 11.6. The van der Waals surface area contributed by atoms with Crippen LogP contribution in [0.5, 0.6) is 0 Å². The van der Waals surface area contributed by atoms with Crippen LogP contribution < -0.4 is 11.5 Å². The predicted octanol–water partition coefficient (Wildman–Crippen LogP) is 1.09. The zero-order valence-corrected chi connectivity index (χ0v) is 10.5. The van der Waals surface area contributed by atoms with E-state index in [2.05, 4.69) is 15.1 Å². The molecule has 0 bridgehead atoms. The molecule has 6 nitrogen and oxygen atoms in total. The number of nitrogen functional groups attached to an aromatic ring is 1. The van der Waals surface area contributed by atoms with Gasteiger partial charge >= 0.3 is 0 Å². The van der Waals surface area contributed by atoms with E-state index in [0.29, 0.717) is 11.5 Å². The van der Waals surface area contributed by atoms with Crippen LogP contribution in [0.2, 0.25) is 0 Å². The Balaban J connectivity index is 2.14. The lowest BCUT2D eigenvalue weighted by Crippen LogP contribution is -2.30. The number of aromatic nitrogens is 4. The van der Waals surface area contributed by atoms with Gasteiger partial charge in [0.2, 0.25) is 0 Å². The van der Waals surface area contributed by atoms with Crippen LogP contribution in [0, 0.1) is 0 Å². The maximum absolute atomic E-state index is 6.05. The van der Waals surface area contributed by atoms with Crippen LogP contribution in [0.3, 0.4) is 0 Å².